The van der Waals surface area contributed by atoms with Gasteiger partial charge in [0.2, 0.25) is 35.3 Å². The standard InChI is InChI=1S/C95H135N7O28/c1-6-66-15-8-9-17-69(66)63-102(73-19-11-10-16-67(73)7-2)79(105)22-13-12-21-78(104)100-32-28-94(29-33-100)26-23-68(24-27-94)91(110)99-72(62-98-77(103)25-35-116-39-40-118-43-44-120-47-48-122-51-52-124-55-56-126-58-57-125-54-53-123-50-49-121-46-45-119-42-41-117-38-37-114-4)92(111)96-30-31-97-93(112)95(113)60-71-83(76(61-95)129-81-59-74-90(65(3)128-81)130-80-64-127-36-34-101(74)80)89(109)85-84(87(71)107)86(106)70-18-14-20-75(115-5)82(70)88(85)108/h6,8-11,14-20,65,68,72,74,76,80-81,90,107,109,113H,1,7,12-13,21-64H2,2-5H3,(H,96,111)(H,97,112)(H,98,103)(H,99,110)/t65-,72-,74-,76-,80+,81-,90+,95-/m0/s1. The Morgan fingerprint density at radius 2 is 1.18 bits per heavy atom. The van der Waals surface area contributed by atoms with Crippen LogP contribution in [0, 0.1) is 11.3 Å². The summed E-state index contributed by atoms with van der Waals surface area (Å²) in [4.78, 5) is 120. The van der Waals surface area contributed by atoms with E-state index in [1.165, 1.54) is 25.3 Å². The number of carbonyl (C=O) groups is 8. The van der Waals surface area contributed by atoms with Crippen LogP contribution in [-0.2, 0) is 124 Å². The molecule has 4 aromatic rings. The smallest absolute Gasteiger partial charge is 0.252 e. The normalized spacial score (nSPS) is 20.8. The maximum absolute atomic E-state index is 14.7. The first-order valence-electron chi connectivity index (χ1n) is 46.0. The minimum Gasteiger partial charge on any atom is -0.507 e. The molecule has 7 aliphatic rings. The van der Waals surface area contributed by atoms with Crippen molar-refractivity contribution in [3.05, 3.63) is 123 Å². The molecule has 0 unspecified atom stereocenters. The van der Waals surface area contributed by atoms with Gasteiger partial charge < -0.3 is 127 Å². The first-order valence-corrected chi connectivity index (χ1v) is 46.0. The highest BCUT2D eigenvalue weighted by molar-refractivity contribution is 6.31. The van der Waals surface area contributed by atoms with Crippen LogP contribution in [0.15, 0.2) is 73.3 Å². The number of methoxy groups -OCH3 is 2. The number of phenolic OH excluding ortho intramolecular Hbond substituents is 2. The van der Waals surface area contributed by atoms with Crippen molar-refractivity contribution in [2.45, 2.75) is 165 Å². The number of carbonyl (C=O) groups excluding carboxylic acids is 8. The molecule has 3 aliphatic carbocycles. The zero-order valence-electron chi connectivity index (χ0n) is 75.9. The molecule has 4 aliphatic heterocycles. The molecule has 718 valence electrons. The van der Waals surface area contributed by atoms with Gasteiger partial charge in [-0.1, -0.05) is 74.2 Å². The molecule has 35 heteroatoms. The van der Waals surface area contributed by atoms with Gasteiger partial charge in [0, 0.05) is 119 Å². The van der Waals surface area contributed by atoms with E-state index in [9.17, 15) is 53.7 Å². The van der Waals surface area contributed by atoms with Gasteiger partial charge in [0.25, 0.3) is 5.91 Å². The zero-order valence-corrected chi connectivity index (χ0v) is 75.9. The number of nitrogens with one attached hydrogen (secondary N) is 4. The average Bonchev–Trinajstić information content (AvgIpc) is 0.822. The number of aryl methyl sites for hydroxylation is 1. The number of piperidine rings is 1. The van der Waals surface area contributed by atoms with E-state index in [4.69, 9.17) is 80.5 Å². The fraction of sp³-hybridized carbons (Fsp3) is 0.642. The summed E-state index contributed by atoms with van der Waals surface area (Å²) in [5.74, 6) is -5.91. The van der Waals surface area contributed by atoms with E-state index >= 15 is 0 Å². The van der Waals surface area contributed by atoms with Gasteiger partial charge in [-0.05, 0) is 98.9 Å². The number of para-hydroxylation sites is 1. The third-order valence-electron chi connectivity index (χ3n) is 25.0. The monoisotopic (exact) mass is 1820 g/mol. The summed E-state index contributed by atoms with van der Waals surface area (Å²) in [6.45, 7) is 19.3. The van der Waals surface area contributed by atoms with Crippen molar-refractivity contribution in [2.24, 2.45) is 11.3 Å². The molecule has 11 rings (SSSR count). The molecule has 35 nitrogen and oxygen atoms in total. The lowest BCUT2D eigenvalue weighted by molar-refractivity contribution is -0.247. The fourth-order valence-electron chi connectivity index (χ4n) is 17.9. The first kappa shape index (κ1) is 102. The van der Waals surface area contributed by atoms with Crippen molar-refractivity contribution in [1.29, 1.82) is 0 Å². The van der Waals surface area contributed by atoms with Crippen LogP contribution >= 0.6 is 0 Å². The summed E-state index contributed by atoms with van der Waals surface area (Å²) in [7, 11) is 2.96. The number of likely N-dealkylation sites (tertiary alicyclic amines) is 1. The zero-order chi connectivity index (χ0) is 92.0. The van der Waals surface area contributed by atoms with Crippen LogP contribution in [-0.4, -0.2) is 333 Å². The third-order valence-corrected chi connectivity index (χ3v) is 25.0. The number of benzene rings is 4. The molecule has 1 saturated carbocycles. The molecule has 130 heavy (non-hydrogen) atoms. The topological polar surface area (TPSA) is 412 Å². The van der Waals surface area contributed by atoms with Crippen LogP contribution in [0.1, 0.15) is 163 Å². The van der Waals surface area contributed by atoms with E-state index in [-0.39, 0.29) is 128 Å². The lowest BCUT2D eigenvalue weighted by Crippen LogP contribution is -2.56. The van der Waals surface area contributed by atoms with E-state index < -0.39 is 101 Å². The Morgan fingerprint density at radius 3 is 1.78 bits per heavy atom. The fourth-order valence-corrected chi connectivity index (χ4v) is 17.9. The first-order chi connectivity index (χ1) is 63.3. The maximum Gasteiger partial charge on any atom is 0.252 e. The molecule has 4 saturated heterocycles. The molecule has 7 N–H and O–H groups in total. The number of hydrogen-bond acceptors (Lipinski definition) is 29. The number of morpholine rings is 1. The molecule has 0 bridgehead atoms. The Hall–Kier alpha value is -8.54. The van der Waals surface area contributed by atoms with Gasteiger partial charge in [-0.2, -0.15) is 0 Å². The molecule has 4 heterocycles. The molecule has 8 atom stereocenters. The molecule has 0 aromatic heterocycles. The van der Waals surface area contributed by atoms with E-state index in [2.05, 4.69) is 39.7 Å². The molecule has 4 aromatic carbocycles. The minimum atomic E-state index is -2.42. The number of aliphatic hydroxyl groups is 1. The van der Waals surface area contributed by atoms with Crippen molar-refractivity contribution in [2.75, 3.05) is 224 Å². The summed E-state index contributed by atoms with van der Waals surface area (Å²) in [6, 6.07) is 18.8. The maximum atomic E-state index is 14.7. The Bertz CT molecular complexity index is 4290. The van der Waals surface area contributed by atoms with E-state index in [0.717, 1.165) is 54.5 Å². The minimum absolute atomic E-state index is 0.00980. The highest BCUT2D eigenvalue weighted by atomic mass is 16.7. The highest BCUT2D eigenvalue weighted by Gasteiger charge is 2.54. The number of hydrogen-bond donors (Lipinski definition) is 7. The summed E-state index contributed by atoms with van der Waals surface area (Å²) >= 11 is 0. The molecular formula is C95H135N7O28. The van der Waals surface area contributed by atoms with Crippen molar-refractivity contribution in [3.63, 3.8) is 0 Å². The second-order valence-corrected chi connectivity index (χ2v) is 33.5. The number of phenols is 2. The van der Waals surface area contributed by atoms with Gasteiger partial charge in [-0.25, -0.2) is 0 Å². The Kier molecular flexibility index (Phi) is 41.9. The predicted molar refractivity (Wildman–Crippen MR) is 474 cm³/mol. The Morgan fingerprint density at radius 1 is 0.623 bits per heavy atom. The van der Waals surface area contributed by atoms with Crippen molar-refractivity contribution < 1.29 is 134 Å². The Labute approximate surface area is 761 Å². The summed E-state index contributed by atoms with van der Waals surface area (Å²) in [5.41, 5.74) is -0.177. The number of aromatic hydroxyl groups is 2. The van der Waals surface area contributed by atoms with Crippen LogP contribution < -0.4 is 30.9 Å². The van der Waals surface area contributed by atoms with Gasteiger partial charge in [-0.15, -0.1) is 0 Å². The molecule has 6 amide bonds. The molecule has 0 radical (unpaired) electrons. The van der Waals surface area contributed by atoms with Crippen molar-refractivity contribution in [3.8, 4) is 17.2 Å². The number of nitrogens with zero attached hydrogens (tertiary/aromatic N) is 3. The highest BCUT2D eigenvalue weighted by Crippen LogP contribution is 2.54. The number of amides is 6. The SMILES string of the molecule is C=Cc1ccccc1CN(C(=O)CCCCC(=O)N1CCC2(CCC(C(=O)N[C@@H](CNC(=O)CCOCCOCCOCCOCCOCCOCCOCCOCCOCCOCCOCCOC)C(=O)NCCNC(=O)[C@]3(O)Cc4c(O)c5c(c(O)c4[C@@H](O[C@H]4C[C@H]6[C@H](O[C@@H]7COCCN76)[C@H](C)O4)C3)C(=O)c3c(OC)cccc3C5=O)CC2)CC1)c1ccccc1CC. The molecular weight excluding hydrogens is 1690 g/mol. The second kappa shape index (κ2) is 53.4. The summed E-state index contributed by atoms with van der Waals surface area (Å²) < 4.78 is 96.5. The van der Waals surface area contributed by atoms with Gasteiger partial charge in [0.1, 0.15) is 41.2 Å². The molecule has 5 fully saturated rings. The van der Waals surface area contributed by atoms with Gasteiger partial charge in [0.05, 0.1) is 208 Å². The lowest BCUT2D eigenvalue weighted by atomic mass is 9.65. The van der Waals surface area contributed by atoms with Gasteiger partial charge >= 0.3 is 0 Å². The quantitative estimate of drug-likeness (QED) is 0.0173. The number of rotatable bonds is 58. The second-order valence-electron chi connectivity index (χ2n) is 33.5. The van der Waals surface area contributed by atoms with Crippen LogP contribution in [0.5, 0.6) is 17.2 Å². The molecule has 1 spiro atoms. The van der Waals surface area contributed by atoms with Crippen LogP contribution in [0.4, 0.5) is 5.69 Å². The predicted octanol–water partition coefficient (Wildman–Crippen LogP) is 6.03. The summed E-state index contributed by atoms with van der Waals surface area (Å²) in [6.07, 6.45) is 3.60. The van der Waals surface area contributed by atoms with Crippen LogP contribution in [0.25, 0.3) is 6.08 Å². The van der Waals surface area contributed by atoms with E-state index in [1.54, 1.807) is 13.2 Å². The van der Waals surface area contributed by atoms with Crippen molar-refractivity contribution in [1.82, 2.24) is 31.1 Å². The third kappa shape index (κ3) is 29.0. The van der Waals surface area contributed by atoms with Crippen LogP contribution in [0.3, 0.4) is 0 Å². The van der Waals surface area contributed by atoms with Crippen molar-refractivity contribution >= 4 is 58.8 Å². The van der Waals surface area contributed by atoms with E-state index in [0.29, 0.717) is 204 Å². The Balaban J connectivity index is 0.615. The lowest BCUT2D eigenvalue weighted by Gasteiger charge is -2.45. The number of fused-ring (bicyclic) bond motifs is 6. The van der Waals surface area contributed by atoms with E-state index in [1.807, 2.05) is 65.3 Å². The van der Waals surface area contributed by atoms with Gasteiger partial charge in [-0.3, -0.25) is 43.3 Å². The number of ether oxygens (including phenoxy) is 17. The van der Waals surface area contributed by atoms with Gasteiger partial charge in [0.15, 0.2) is 12.1 Å². The largest absolute Gasteiger partial charge is 0.507 e. The van der Waals surface area contributed by atoms with Crippen LogP contribution in [0.2, 0.25) is 0 Å². The summed E-state index contributed by atoms with van der Waals surface area (Å²) in [5, 5.41) is 48.5. The average molecular weight is 1820 g/mol. The number of anilines is 1. The number of ketones is 2. The number of unbranched alkanes of at least 4 members (excludes halogenated alkanes) is 1.